The second-order valence-corrected chi connectivity index (χ2v) is 5.03. The fourth-order valence-corrected chi connectivity index (χ4v) is 2.24. The minimum Gasteiger partial charge on any atom is -0.221 e. The summed E-state index contributed by atoms with van der Waals surface area (Å²) in [7, 11) is 1.81. The van der Waals surface area contributed by atoms with Crippen molar-refractivity contribution in [1.82, 2.24) is 19.8 Å². The number of hydrogen-bond donors (Lipinski definition) is 0. The summed E-state index contributed by atoms with van der Waals surface area (Å²) in [5.74, 6) is 0.426. The molecule has 0 N–H and O–H groups in total. The van der Waals surface area contributed by atoms with Gasteiger partial charge in [-0.25, -0.2) is 4.68 Å². The minimum atomic E-state index is 0.426. The van der Waals surface area contributed by atoms with Crippen molar-refractivity contribution in [2.75, 3.05) is 0 Å². The van der Waals surface area contributed by atoms with Gasteiger partial charge in [-0.3, -0.25) is 0 Å². The SMILES string of the molecule is CCc1cccc(C(C)C)c1-n1nnn(C)c1=S. The molecule has 0 saturated heterocycles. The lowest BCUT2D eigenvalue weighted by molar-refractivity contribution is 0.696. The first kappa shape index (κ1) is 13.0. The van der Waals surface area contributed by atoms with Gasteiger partial charge in [0.2, 0.25) is 4.77 Å². The molecule has 2 rings (SSSR count). The summed E-state index contributed by atoms with van der Waals surface area (Å²) in [5, 5.41) is 8.16. The van der Waals surface area contributed by atoms with E-state index in [1.165, 1.54) is 11.1 Å². The number of hydrogen-bond acceptors (Lipinski definition) is 3. The van der Waals surface area contributed by atoms with Crippen molar-refractivity contribution in [3.05, 3.63) is 34.1 Å². The van der Waals surface area contributed by atoms with Crippen LogP contribution >= 0.6 is 12.2 Å². The van der Waals surface area contributed by atoms with Gasteiger partial charge in [-0.15, -0.1) is 0 Å². The lowest BCUT2D eigenvalue weighted by atomic mass is 9.97. The van der Waals surface area contributed by atoms with E-state index in [0.717, 1.165) is 12.1 Å². The standard InChI is InChI=1S/C13H18N4S/c1-5-10-7-6-8-11(9(2)3)12(10)17-13(18)16(4)14-15-17/h6-9H,5H2,1-4H3. The molecule has 0 unspecified atom stereocenters. The third kappa shape index (κ3) is 2.10. The summed E-state index contributed by atoms with van der Waals surface area (Å²) in [4.78, 5) is 0. The highest BCUT2D eigenvalue weighted by atomic mass is 32.1. The van der Waals surface area contributed by atoms with Crippen molar-refractivity contribution in [3.63, 3.8) is 0 Å². The van der Waals surface area contributed by atoms with Crippen LogP contribution in [0.3, 0.4) is 0 Å². The summed E-state index contributed by atoms with van der Waals surface area (Å²) in [6, 6.07) is 6.35. The van der Waals surface area contributed by atoms with Gasteiger partial charge in [0, 0.05) is 7.05 Å². The van der Waals surface area contributed by atoms with E-state index >= 15 is 0 Å². The van der Waals surface area contributed by atoms with Crippen molar-refractivity contribution in [2.24, 2.45) is 7.05 Å². The second kappa shape index (κ2) is 5.02. The highest BCUT2D eigenvalue weighted by Crippen LogP contribution is 2.26. The van der Waals surface area contributed by atoms with Crippen LogP contribution in [0.15, 0.2) is 18.2 Å². The van der Waals surface area contributed by atoms with Crippen LogP contribution in [0.25, 0.3) is 5.69 Å². The van der Waals surface area contributed by atoms with Crippen molar-refractivity contribution in [2.45, 2.75) is 33.1 Å². The maximum atomic E-state index is 5.36. The quantitative estimate of drug-likeness (QED) is 0.798. The first-order valence-corrected chi connectivity index (χ1v) is 6.58. The molecule has 1 aromatic carbocycles. The maximum Gasteiger partial charge on any atom is 0.220 e. The van der Waals surface area contributed by atoms with E-state index in [9.17, 15) is 0 Å². The highest BCUT2D eigenvalue weighted by molar-refractivity contribution is 7.71. The molecule has 0 amide bonds. The summed E-state index contributed by atoms with van der Waals surface area (Å²) >= 11 is 5.36. The molecular weight excluding hydrogens is 244 g/mol. The normalized spacial score (nSPS) is 11.2. The van der Waals surface area contributed by atoms with Crippen molar-refractivity contribution in [1.29, 1.82) is 0 Å². The van der Waals surface area contributed by atoms with E-state index in [0.29, 0.717) is 10.7 Å². The molecule has 0 saturated carbocycles. The number of benzene rings is 1. The first-order valence-electron chi connectivity index (χ1n) is 6.17. The molecule has 1 aromatic heterocycles. The molecule has 0 atom stereocenters. The summed E-state index contributed by atoms with van der Waals surface area (Å²) < 4.78 is 4.01. The van der Waals surface area contributed by atoms with Crippen LogP contribution in [0.5, 0.6) is 0 Å². The van der Waals surface area contributed by atoms with E-state index in [1.807, 2.05) is 7.05 Å². The Morgan fingerprint density at radius 1 is 1.28 bits per heavy atom. The average Bonchev–Trinajstić information content (AvgIpc) is 2.69. The Bertz CT molecular complexity index is 610. The average molecular weight is 262 g/mol. The highest BCUT2D eigenvalue weighted by Gasteiger charge is 2.14. The van der Waals surface area contributed by atoms with Crippen LogP contribution in [0.1, 0.15) is 37.8 Å². The van der Waals surface area contributed by atoms with Crippen LogP contribution in [0.2, 0.25) is 0 Å². The first-order chi connectivity index (χ1) is 8.56. The summed E-state index contributed by atoms with van der Waals surface area (Å²) in [6.45, 7) is 6.50. The number of tetrazole rings is 1. The van der Waals surface area contributed by atoms with Gasteiger partial charge < -0.3 is 0 Å². The number of rotatable bonds is 3. The molecule has 96 valence electrons. The van der Waals surface area contributed by atoms with Gasteiger partial charge in [0.1, 0.15) is 0 Å². The van der Waals surface area contributed by atoms with E-state index < -0.39 is 0 Å². The summed E-state index contributed by atoms with van der Waals surface area (Å²) in [6.07, 6.45) is 0.953. The Hall–Kier alpha value is -1.49. The van der Waals surface area contributed by atoms with Crippen molar-refractivity contribution >= 4 is 12.2 Å². The third-order valence-corrected chi connectivity index (χ3v) is 3.52. The molecule has 0 fully saturated rings. The van der Waals surface area contributed by atoms with Gasteiger partial charge in [0.25, 0.3) is 0 Å². The summed E-state index contributed by atoms with van der Waals surface area (Å²) in [5.41, 5.74) is 3.59. The molecule has 4 nitrogen and oxygen atoms in total. The number of aryl methyl sites for hydroxylation is 2. The molecule has 18 heavy (non-hydrogen) atoms. The largest absolute Gasteiger partial charge is 0.221 e. The van der Waals surface area contributed by atoms with E-state index in [1.54, 1.807) is 9.36 Å². The third-order valence-electron chi connectivity index (χ3n) is 3.09. The zero-order valence-electron chi connectivity index (χ0n) is 11.2. The fraction of sp³-hybridized carbons (Fsp3) is 0.462. The molecule has 0 aliphatic rings. The molecule has 0 aliphatic heterocycles. The number of nitrogens with zero attached hydrogens (tertiary/aromatic N) is 4. The molecule has 0 radical (unpaired) electrons. The van der Waals surface area contributed by atoms with Crippen LogP contribution in [0.4, 0.5) is 0 Å². The van der Waals surface area contributed by atoms with Gasteiger partial charge in [0.05, 0.1) is 5.69 Å². The predicted molar refractivity (Wildman–Crippen MR) is 74.6 cm³/mol. The monoisotopic (exact) mass is 262 g/mol. The van der Waals surface area contributed by atoms with Gasteiger partial charge >= 0.3 is 0 Å². The van der Waals surface area contributed by atoms with E-state index in [-0.39, 0.29) is 0 Å². The van der Waals surface area contributed by atoms with Gasteiger partial charge in [0.15, 0.2) is 0 Å². The Morgan fingerprint density at radius 3 is 2.50 bits per heavy atom. The van der Waals surface area contributed by atoms with Gasteiger partial charge in [-0.2, -0.15) is 4.68 Å². The van der Waals surface area contributed by atoms with Crippen LogP contribution < -0.4 is 0 Å². The van der Waals surface area contributed by atoms with Crippen LogP contribution in [-0.2, 0) is 13.5 Å². The van der Waals surface area contributed by atoms with E-state index in [4.69, 9.17) is 12.2 Å². The molecule has 0 bridgehead atoms. The van der Waals surface area contributed by atoms with Gasteiger partial charge in [-0.05, 0) is 46.1 Å². The Kier molecular flexibility index (Phi) is 3.61. The second-order valence-electron chi connectivity index (χ2n) is 4.66. The van der Waals surface area contributed by atoms with Crippen molar-refractivity contribution < 1.29 is 0 Å². The van der Waals surface area contributed by atoms with E-state index in [2.05, 4.69) is 49.4 Å². The van der Waals surface area contributed by atoms with Crippen molar-refractivity contribution in [3.8, 4) is 5.69 Å². The topological polar surface area (TPSA) is 35.6 Å². The lowest BCUT2D eigenvalue weighted by Gasteiger charge is -2.15. The number of aromatic nitrogens is 4. The molecule has 2 aromatic rings. The van der Waals surface area contributed by atoms with Crippen LogP contribution in [0, 0.1) is 4.77 Å². The molecule has 1 heterocycles. The lowest BCUT2D eigenvalue weighted by Crippen LogP contribution is -2.07. The van der Waals surface area contributed by atoms with Gasteiger partial charge in [-0.1, -0.05) is 39.0 Å². The number of para-hydroxylation sites is 1. The Morgan fingerprint density at radius 2 is 2.00 bits per heavy atom. The molecular formula is C13H18N4S. The molecule has 0 spiro atoms. The molecule has 0 aliphatic carbocycles. The zero-order chi connectivity index (χ0) is 13.3. The van der Waals surface area contributed by atoms with Crippen LogP contribution in [-0.4, -0.2) is 19.8 Å². The molecule has 5 heteroatoms. The Balaban J connectivity index is 2.76. The zero-order valence-corrected chi connectivity index (χ0v) is 12.0. The Labute approximate surface area is 112 Å². The fourth-order valence-electron chi connectivity index (χ4n) is 2.07. The smallest absolute Gasteiger partial charge is 0.220 e. The minimum absolute atomic E-state index is 0.426. The maximum absolute atomic E-state index is 5.36. The predicted octanol–water partition coefficient (Wildman–Crippen LogP) is 3.02.